The molecular weight excluding hydrogens is 326 g/mol. The highest BCUT2D eigenvalue weighted by Crippen LogP contribution is 2.27. The second kappa shape index (κ2) is 8.36. The van der Waals surface area contributed by atoms with Crippen LogP contribution in [0.5, 0.6) is 0 Å². The molecule has 0 saturated carbocycles. The van der Waals surface area contributed by atoms with Crippen LogP contribution < -0.4 is 11.1 Å². The van der Waals surface area contributed by atoms with Gasteiger partial charge in [-0.3, -0.25) is 4.79 Å². The number of nitrogens with zero attached hydrogens (tertiary/aromatic N) is 1. The van der Waals surface area contributed by atoms with E-state index in [1.807, 2.05) is 50.2 Å². The summed E-state index contributed by atoms with van der Waals surface area (Å²) in [5, 5.41) is 6.98. The zero-order valence-corrected chi connectivity index (χ0v) is 14.4. The Bertz CT molecular complexity index is 722. The Labute approximate surface area is 146 Å². The van der Waals surface area contributed by atoms with Gasteiger partial charge >= 0.3 is 0 Å². The zero-order chi connectivity index (χ0) is 17.5. The molecule has 6 heteroatoms. The van der Waals surface area contributed by atoms with E-state index in [-0.39, 0.29) is 12.5 Å². The Kier molecular flexibility index (Phi) is 6.21. The fourth-order valence-electron chi connectivity index (χ4n) is 2.26. The number of amidine groups is 1. The van der Waals surface area contributed by atoms with Gasteiger partial charge in [-0.25, -0.2) is 0 Å². The van der Waals surface area contributed by atoms with E-state index in [4.69, 9.17) is 22.2 Å². The van der Waals surface area contributed by atoms with Gasteiger partial charge in [-0.15, -0.1) is 0 Å². The smallest absolute Gasteiger partial charge is 0.265 e. The minimum Gasteiger partial charge on any atom is -0.384 e. The Morgan fingerprint density at radius 3 is 2.62 bits per heavy atom. The molecule has 2 rings (SSSR count). The van der Waals surface area contributed by atoms with Crippen LogP contribution in [-0.4, -0.2) is 18.3 Å². The third kappa shape index (κ3) is 5.28. The molecule has 1 amide bonds. The lowest BCUT2D eigenvalue weighted by molar-refractivity contribution is -0.120. The number of aryl methyl sites for hydroxylation is 2. The molecule has 0 aliphatic rings. The molecule has 0 radical (unpaired) electrons. The summed E-state index contributed by atoms with van der Waals surface area (Å²) in [5.41, 5.74) is 9.31. The van der Waals surface area contributed by atoms with Gasteiger partial charge in [0, 0.05) is 6.42 Å². The maximum Gasteiger partial charge on any atom is 0.265 e. The number of hydrogen-bond acceptors (Lipinski definition) is 3. The van der Waals surface area contributed by atoms with Gasteiger partial charge in [0.2, 0.25) is 0 Å². The van der Waals surface area contributed by atoms with Crippen molar-refractivity contribution in [3.05, 3.63) is 64.2 Å². The van der Waals surface area contributed by atoms with Crippen molar-refractivity contribution < 1.29 is 9.63 Å². The van der Waals surface area contributed by atoms with E-state index < -0.39 is 0 Å². The predicted molar refractivity (Wildman–Crippen MR) is 97.3 cm³/mol. The van der Waals surface area contributed by atoms with Gasteiger partial charge in [0.1, 0.15) is 5.84 Å². The molecule has 0 saturated heterocycles. The zero-order valence-electron chi connectivity index (χ0n) is 13.7. The van der Waals surface area contributed by atoms with Crippen molar-refractivity contribution >= 4 is 29.0 Å². The van der Waals surface area contributed by atoms with Crippen LogP contribution in [0.25, 0.3) is 0 Å². The lowest BCUT2D eigenvalue weighted by atomic mass is 10.1. The summed E-state index contributed by atoms with van der Waals surface area (Å²) in [4.78, 5) is 16.9. The van der Waals surface area contributed by atoms with Crippen LogP contribution >= 0.6 is 11.6 Å². The van der Waals surface area contributed by atoms with E-state index in [9.17, 15) is 4.79 Å². The molecular formula is C18H20ClN3O2. The van der Waals surface area contributed by atoms with Crippen LogP contribution in [0, 0.1) is 13.8 Å². The molecule has 0 aromatic heterocycles. The maximum absolute atomic E-state index is 11.9. The number of halogens is 1. The minimum absolute atomic E-state index is 0.237. The molecule has 0 aliphatic heterocycles. The van der Waals surface area contributed by atoms with Crippen molar-refractivity contribution in [1.29, 1.82) is 0 Å². The fourth-order valence-corrected chi connectivity index (χ4v) is 2.63. The molecule has 0 unspecified atom stereocenters. The first kappa shape index (κ1) is 17.8. The van der Waals surface area contributed by atoms with Crippen molar-refractivity contribution in [2.45, 2.75) is 20.3 Å². The van der Waals surface area contributed by atoms with Gasteiger partial charge in [0.25, 0.3) is 5.91 Å². The van der Waals surface area contributed by atoms with Crippen molar-refractivity contribution in [2.75, 3.05) is 11.9 Å². The SMILES string of the molecule is Cc1cc(C)c(NC(=O)CO/N=C(/N)Cc2ccccc2)c(Cl)c1. The van der Waals surface area contributed by atoms with Gasteiger partial charge < -0.3 is 15.9 Å². The summed E-state index contributed by atoms with van der Waals surface area (Å²) in [6.45, 7) is 3.59. The highest BCUT2D eigenvalue weighted by molar-refractivity contribution is 6.34. The van der Waals surface area contributed by atoms with Crippen LogP contribution in [0.15, 0.2) is 47.6 Å². The van der Waals surface area contributed by atoms with Crippen molar-refractivity contribution in [2.24, 2.45) is 10.9 Å². The van der Waals surface area contributed by atoms with E-state index in [0.29, 0.717) is 23.0 Å². The number of carbonyl (C=O) groups is 1. The molecule has 2 aromatic rings. The highest BCUT2D eigenvalue weighted by Gasteiger charge is 2.10. The van der Waals surface area contributed by atoms with Crippen LogP contribution in [0.3, 0.4) is 0 Å². The van der Waals surface area contributed by atoms with Gasteiger partial charge in [-0.2, -0.15) is 0 Å². The molecule has 0 fully saturated rings. The summed E-state index contributed by atoms with van der Waals surface area (Å²) < 4.78 is 0. The molecule has 0 heterocycles. The predicted octanol–water partition coefficient (Wildman–Crippen LogP) is 3.43. The van der Waals surface area contributed by atoms with Crippen LogP contribution in [-0.2, 0) is 16.1 Å². The summed E-state index contributed by atoms with van der Waals surface area (Å²) in [6, 6.07) is 13.4. The monoisotopic (exact) mass is 345 g/mol. The van der Waals surface area contributed by atoms with E-state index in [1.54, 1.807) is 6.07 Å². The Morgan fingerprint density at radius 2 is 1.96 bits per heavy atom. The van der Waals surface area contributed by atoms with Gasteiger partial charge in [0.15, 0.2) is 6.61 Å². The van der Waals surface area contributed by atoms with Crippen molar-refractivity contribution in [1.82, 2.24) is 0 Å². The number of oxime groups is 1. The lowest BCUT2D eigenvalue weighted by Crippen LogP contribution is -2.20. The highest BCUT2D eigenvalue weighted by atomic mass is 35.5. The summed E-state index contributed by atoms with van der Waals surface area (Å²) >= 11 is 6.15. The molecule has 126 valence electrons. The number of benzene rings is 2. The van der Waals surface area contributed by atoms with E-state index in [1.165, 1.54) is 0 Å². The van der Waals surface area contributed by atoms with Gasteiger partial charge in [0.05, 0.1) is 10.7 Å². The molecule has 5 nitrogen and oxygen atoms in total. The number of carbonyl (C=O) groups excluding carboxylic acids is 1. The number of nitrogens with one attached hydrogen (secondary N) is 1. The molecule has 24 heavy (non-hydrogen) atoms. The Hall–Kier alpha value is -2.53. The largest absolute Gasteiger partial charge is 0.384 e. The third-order valence-electron chi connectivity index (χ3n) is 3.30. The first-order chi connectivity index (χ1) is 11.5. The average molecular weight is 346 g/mol. The van der Waals surface area contributed by atoms with E-state index >= 15 is 0 Å². The number of rotatable bonds is 6. The molecule has 0 spiro atoms. The average Bonchev–Trinajstić information content (AvgIpc) is 2.52. The maximum atomic E-state index is 11.9. The van der Waals surface area contributed by atoms with E-state index in [2.05, 4.69) is 10.5 Å². The second-order valence-corrected chi connectivity index (χ2v) is 5.91. The molecule has 0 atom stereocenters. The Morgan fingerprint density at radius 1 is 1.25 bits per heavy atom. The molecule has 3 N–H and O–H groups in total. The number of nitrogens with two attached hydrogens (primary N) is 1. The number of amides is 1. The number of anilines is 1. The first-order valence-electron chi connectivity index (χ1n) is 7.50. The summed E-state index contributed by atoms with van der Waals surface area (Å²) in [7, 11) is 0. The number of hydrogen-bond donors (Lipinski definition) is 2. The van der Waals surface area contributed by atoms with Crippen LogP contribution in [0.4, 0.5) is 5.69 Å². The van der Waals surface area contributed by atoms with Gasteiger partial charge in [-0.05, 0) is 36.6 Å². The first-order valence-corrected chi connectivity index (χ1v) is 7.88. The minimum atomic E-state index is -0.347. The summed E-state index contributed by atoms with van der Waals surface area (Å²) in [5.74, 6) is -0.0429. The standard InChI is InChI=1S/C18H20ClN3O2/c1-12-8-13(2)18(15(19)9-12)21-17(23)11-24-22-16(20)10-14-6-4-3-5-7-14/h3-9H,10-11H2,1-2H3,(H2,20,22)(H,21,23). The quantitative estimate of drug-likeness (QED) is 0.478. The topological polar surface area (TPSA) is 76.7 Å². The normalized spacial score (nSPS) is 11.2. The lowest BCUT2D eigenvalue weighted by Gasteiger charge is -2.11. The van der Waals surface area contributed by atoms with Crippen molar-refractivity contribution in [3.8, 4) is 0 Å². The van der Waals surface area contributed by atoms with Crippen LogP contribution in [0.2, 0.25) is 5.02 Å². The summed E-state index contributed by atoms with van der Waals surface area (Å²) in [6.07, 6.45) is 0.464. The molecule has 0 bridgehead atoms. The fraction of sp³-hybridized carbons (Fsp3) is 0.222. The van der Waals surface area contributed by atoms with Crippen LogP contribution in [0.1, 0.15) is 16.7 Å². The van der Waals surface area contributed by atoms with Crippen molar-refractivity contribution in [3.63, 3.8) is 0 Å². The molecule has 0 aliphatic carbocycles. The third-order valence-corrected chi connectivity index (χ3v) is 3.60. The van der Waals surface area contributed by atoms with E-state index in [0.717, 1.165) is 16.7 Å². The Balaban J connectivity index is 1.86. The second-order valence-electron chi connectivity index (χ2n) is 5.51. The molecule has 2 aromatic carbocycles. The van der Waals surface area contributed by atoms with Gasteiger partial charge in [-0.1, -0.05) is 53.2 Å².